The molecule has 0 fully saturated rings. The SMILES string of the molecule is COc1ccc(C2C3=C(CC(C)(C)CC3=O)Nc3nc(N)[nH]c(=O)c32)cc1OC. The van der Waals surface area contributed by atoms with E-state index in [0.717, 1.165) is 11.3 Å². The summed E-state index contributed by atoms with van der Waals surface area (Å²) in [6.07, 6.45) is 1.08. The molecule has 8 heteroatoms. The number of H-pyrrole nitrogens is 1. The van der Waals surface area contributed by atoms with Crippen molar-refractivity contribution in [2.45, 2.75) is 32.6 Å². The van der Waals surface area contributed by atoms with Gasteiger partial charge in [0.1, 0.15) is 5.82 Å². The molecule has 0 bridgehead atoms. The average molecular weight is 396 g/mol. The molecule has 4 N–H and O–H groups in total. The van der Waals surface area contributed by atoms with Gasteiger partial charge in [0.2, 0.25) is 5.95 Å². The number of benzene rings is 1. The summed E-state index contributed by atoms with van der Waals surface area (Å²) in [7, 11) is 3.11. The van der Waals surface area contributed by atoms with E-state index in [4.69, 9.17) is 15.2 Å². The van der Waals surface area contributed by atoms with E-state index in [0.29, 0.717) is 41.3 Å². The summed E-state index contributed by atoms with van der Waals surface area (Å²) in [6, 6.07) is 5.41. The molecule has 1 aliphatic heterocycles. The molecular formula is C21H24N4O4. The molecule has 2 aromatic rings. The Morgan fingerprint density at radius 2 is 1.86 bits per heavy atom. The fourth-order valence-electron chi connectivity index (χ4n) is 4.30. The van der Waals surface area contributed by atoms with Crippen LogP contribution in [0.3, 0.4) is 0 Å². The third kappa shape index (κ3) is 3.14. The minimum Gasteiger partial charge on any atom is -0.493 e. The van der Waals surface area contributed by atoms with Crippen molar-refractivity contribution in [1.29, 1.82) is 0 Å². The molecule has 2 aliphatic rings. The fraction of sp³-hybridized carbons (Fsp3) is 0.381. The number of hydrogen-bond acceptors (Lipinski definition) is 7. The van der Waals surface area contributed by atoms with Gasteiger partial charge in [0.25, 0.3) is 5.56 Å². The average Bonchev–Trinajstić information content (AvgIpc) is 2.64. The number of ketones is 1. The van der Waals surface area contributed by atoms with Crippen LogP contribution >= 0.6 is 0 Å². The van der Waals surface area contributed by atoms with E-state index in [-0.39, 0.29) is 22.7 Å². The van der Waals surface area contributed by atoms with Crippen molar-refractivity contribution in [3.05, 3.63) is 50.9 Å². The van der Waals surface area contributed by atoms with Gasteiger partial charge < -0.3 is 20.5 Å². The standard InChI is InChI=1S/C21H24N4O4/c1-21(2)8-11-16(12(26)9-21)15(10-5-6-13(28-3)14(7-10)29-4)17-18(23-11)24-20(22)25-19(17)27/h5-7,15H,8-9H2,1-4H3,(H4,22,23,24,25,27). The van der Waals surface area contributed by atoms with Gasteiger partial charge in [-0.2, -0.15) is 4.98 Å². The van der Waals surface area contributed by atoms with Crippen LogP contribution in [0.4, 0.5) is 11.8 Å². The van der Waals surface area contributed by atoms with Crippen LogP contribution in [0.15, 0.2) is 34.3 Å². The number of nitrogens with zero attached hydrogens (tertiary/aromatic N) is 1. The predicted molar refractivity (Wildman–Crippen MR) is 109 cm³/mol. The van der Waals surface area contributed by atoms with Gasteiger partial charge in [0.05, 0.1) is 19.8 Å². The number of rotatable bonds is 3. The van der Waals surface area contributed by atoms with Crippen LogP contribution in [0.1, 0.15) is 43.7 Å². The normalized spacial score (nSPS) is 19.9. The molecule has 29 heavy (non-hydrogen) atoms. The number of hydrogen-bond donors (Lipinski definition) is 3. The van der Waals surface area contributed by atoms with E-state index in [1.54, 1.807) is 26.4 Å². The quantitative estimate of drug-likeness (QED) is 0.729. The number of aromatic amines is 1. The van der Waals surface area contributed by atoms with Gasteiger partial charge in [0, 0.05) is 23.6 Å². The third-order valence-corrected chi connectivity index (χ3v) is 5.48. The molecule has 0 spiro atoms. The number of nitrogen functional groups attached to an aromatic ring is 1. The van der Waals surface area contributed by atoms with E-state index in [9.17, 15) is 9.59 Å². The van der Waals surface area contributed by atoms with E-state index < -0.39 is 5.92 Å². The third-order valence-electron chi connectivity index (χ3n) is 5.48. The summed E-state index contributed by atoms with van der Waals surface area (Å²) in [6.45, 7) is 4.10. The highest BCUT2D eigenvalue weighted by molar-refractivity contribution is 6.01. The van der Waals surface area contributed by atoms with Gasteiger partial charge in [-0.15, -0.1) is 0 Å². The van der Waals surface area contributed by atoms with Crippen LogP contribution in [0.2, 0.25) is 0 Å². The van der Waals surface area contributed by atoms with Crippen LogP contribution in [0.5, 0.6) is 11.5 Å². The van der Waals surface area contributed by atoms with E-state index in [2.05, 4.69) is 29.1 Å². The molecule has 1 aliphatic carbocycles. The van der Waals surface area contributed by atoms with Gasteiger partial charge in [-0.05, 0) is 29.5 Å². The number of nitrogens with one attached hydrogen (secondary N) is 2. The van der Waals surface area contributed by atoms with Crippen LogP contribution < -0.4 is 26.1 Å². The molecule has 1 atom stereocenters. The highest BCUT2D eigenvalue weighted by Crippen LogP contribution is 2.48. The Labute approximate surface area is 168 Å². The minimum atomic E-state index is -0.568. The van der Waals surface area contributed by atoms with Crippen molar-refractivity contribution in [3.8, 4) is 11.5 Å². The predicted octanol–water partition coefficient (Wildman–Crippen LogP) is 2.57. The maximum atomic E-state index is 13.2. The number of aromatic nitrogens is 2. The Morgan fingerprint density at radius 3 is 2.55 bits per heavy atom. The van der Waals surface area contributed by atoms with Crippen molar-refractivity contribution in [1.82, 2.24) is 9.97 Å². The molecule has 1 aromatic carbocycles. The number of methoxy groups -OCH3 is 2. The summed E-state index contributed by atoms with van der Waals surface area (Å²) >= 11 is 0. The maximum absolute atomic E-state index is 13.2. The number of anilines is 2. The van der Waals surface area contributed by atoms with E-state index in [1.807, 2.05) is 6.07 Å². The van der Waals surface area contributed by atoms with Crippen molar-refractivity contribution in [2.24, 2.45) is 5.41 Å². The zero-order valence-electron chi connectivity index (χ0n) is 16.9. The molecule has 8 nitrogen and oxygen atoms in total. The molecule has 4 rings (SSSR count). The minimum absolute atomic E-state index is 0.0189. The lowest BCUT2D eigenvalue weighted by Gasteiger charge is -2.38. The maximum Gasteiger partial charge on any atom is 0.258 e. The molecule has 2 heterocycles. The highest BCUT2D eigenvalue weighted by Gasteiger charge is 2.42. The number of fused-ring (bicyclic) bond motifs is 1. The second-order valence-corrected chi connectivity index (χ2v) is 8.22. The molecule has 0 radical (unpaired) electrons. The second-order valence-electron chi connectivity index (χ2n) is 8.22. The van der Waals surface area contributed by atoms with E-state index >= 15 is 0 Å². The van der Waals surface area contributed by atoms with Gasteiger partial charge in [0.15, 0.2) is 17.3 Å². The highest BCUT2D eigenvalue weighted by atomic mass is 16.5. The lowest BCUT2D eigenvalue weighted by molar-refractivity contribution is -0.118. The smallest absolute Gasteiger partial charge is 0.258 e. The van der Waals surface area contributed by atoms with Crippen LogP contribution in [-0.2, 0) is 4.79 Å². The number of carbonyl (C=O) groups excluding carboxylic acids is 1. The molecule has 0 saturated carbocycles. The van der Waals surface area contributed by atoms with Gasteiger partial charge in [-0.25, -0.2) is 0 Å². The first-order valence-electron chi connectivity index (χ1n) is 9.39. The molecule has 1 unspecified atom stereocenters. The number of ether oxygens (including phenoxy) is 2. The molecular weight excluding hydrogens is 372 g/mol. The van der Waals surface area contributed by atoms with Gasteiger partial charge in [-0.3, -0.25) is 14.6 Å². The Hall–Kier alpha value is -3.29. The zero-order chi connectivity index (χ0) is 20.9. The monoisotopic (exact) mass is 396 g/mol. The Bertz CT molecular complexity index is 1100. The Balaban J connectivity index is 1.98. The molecule has 152 valence electrons. The summed E-state index contributed by atoms with van der Waals surface area (Å²) in [5.74, 6) is 0.954. The lowest BCUT2D eigenvalue weighted by atomic mass is 9.69. The topological polar surface area (TPSA) is 119 Å². The van der Waals surface area contributed by atoms with Crippen LogP contribution in [-0.4, -0.2) is 30.0 Å². The fourth-order valence-corrected chi connectivity index (χ4v) is 4.30. The summed E-state index contributed by atoms with van der Waals surface area (Å²) in [5, 5.41) is 3.21. The summed E-state index contributed by atoms with van der Waals surface area (Å²) in [4.78, 5) is 32.9. The number of Topliss-reactive ketones (excluding diaryl/α,β-unsaturated/α-hetero) is 1. The second kappa shape index (κ2) is 6.65. The van der Waals surface area contributed by atoms with Crippen molar-refractivity contribution < 1.29 is 14.3 Å². The van der Waals surface area contributed by atoms with Crippen molar-refractivity contribution in [3.63, 3.8) is 0 Å². The Kier molecular flexibility index (Phi) is 4.37. The summed E-state index contributed by atoms with van der Waals surface area (Å²) < 4.78 is 10.8. The number of carbonyl (C=O) groups is 1. The zero-order valence-corrected chi connectivity index (χ0v) is 16.9. The molecule has 1 aromatic heterocycles. The first kappa shape index (κ1) is 19.0. The largest absolute Gasteiger partial charge is 0.493 e. The number of allylic oxidation sites excluding steroid dienone is 2. The molecule has 0 amide bonds. The lowest BCUT2D eigenvalue weighted by Crippen LogP contribution is -2.37. The van der Waals surface area contributed by atoms with Gasteiger partial charge >= 0.3 is 0 Å². The first-order chi connectivity index (χ1) is 13.7. The van der Waals surface area contributed by atoms with Crippen LogP contribution in [0.25, 0.3) is 0 Å². The van der Waals surface area contributed by atoms with E-state index in [1.165, 1.54) is 0 Å². The number of nitrogens with two attached hydrogens (primary N) is 1. The van der Waals surface area contributed by atoms with Crippen molar-refractivity contribution >= 4 is 17.5 Å². The summed E-state index contributed by atoms with van der Waals surface area (Å²) in [5.41, 5.74) is 7.73. The Morgan fingerprint density at radius 1 is 1.14 bits per heavy atom. The molecule has 0 saturated heterocycles. The first-order valence-corrected chi connectivity index (χ1v) is 9.39. The van der Waals surface area contributed by atoms with Gasteiger partial charge in [-0.1, -0.05) is 19.9 Å². The van der Waals surface area contributed by atoms with Crippen LogP contribution in [0, 0.1) is 5.41 Å². The van der Waals surface area contributed by atoms with Crippen molar-refractivity contribution in [2.75, 3.05) is 25.3 Å².